The molecule has 0 aliphatic rings. The number of halogens is 3. The number of hydrogen-bond acceptors (Lipinski definition) is 4. The van der Waals surface area contributed by atoms with Crippen molar-refractivity contribution >= 4 is 17.7 Å². The maximum Gasteiger partial charge on any atom is 0.573 e. The molecule has 0 aliphatic heterocycles. The van der Waals surface area contributed by atoms with E-state index in [0.717, 1.165) is 34.6 Å². The lowest BCUT2D eigenvalue weighted by Crippen LogP contribution is -2.17. The summed E-state index contributed by atoms with van der Waals surface area (Å²) < 4.78 is 46.3. The molecule has 0 unspecified atom stereocenters. The summed E-state index contributed by atoms with van der Waals surface area (Å²) in [5, 5.41) is 0. The Morgan fingerprint density at radius 3 is 2.27 bits per heavy atom. The monoisotopic (exact) mass is 421 g/mol. The van der Waals surface area contributed by atoms with Crippen LogP contribution in [0.2, 0.25) is 0 Å². The van der Waals surface area contributed by atoms with Crippen LogP contribution in [0.5, 0.6) is 11.5 Å². The fraction of sp³-hybridized carbons (Fsp3) is 0.364. The highest BCUT2D eigenvalue weighted by molar-refractivity contribution is 6.03. The molecule has 0 fully saturated rings. The summed E-state index contributed by atoms with van der Waals surface area (Å²) in [5.74, 6) is 0.124. The molecular formula is C22H26F3N3O2. The molecule has 2 aromatic rings. The second-order valence-corrected chi connectivity index (χ2v) is 6.75. The molecule has 0 saturated heterocycles. The molecule has 0 spiro atoms. The summed E-state index contributed by atoms with van der Waals surface area (Å²) in [6, 6.07) is 9.28. The average molecular weight is 421 g/mol. The Hall–Kier alpha value is -3.03. The molecule has 0 N–H and O–H groups in total. The van der Waals surface area contributed by atoms with Crippen molar-refractivity contribution in [1.82, 2.24) is 4.90 Å². The number of nitrogens with zero attached hydrogens (tertiary/aromatic N) is 3. The van der Waals surface area contributed by atoms with E-state index in [1.54, 1.807) is 13.4 Å². The summed E-state index contributed by atoms with van der Waals surface area (Å²) in [6.45, 7) is 7.05. The smallest absolute Gasteiger partial charge is 0.487 e. The molecule has 5 nitrogen and oxygen atoms in total. The van der Waals surface area contributed by atoms with Crippen LogP contribution in [0.4, 0.5) is 18.9 Å². The lowest BCUT2D eigenvalue weighted by atomic mass is 10.00. The second-order valence-electron chi connectivity index (χ2n) is 6.75. The van der Waals surface area contributed by atoms with Crippen LogP contribution >= 0.6 is 0 Å². The Morgan fingerprint density at radius 1 is 1.07 bits per heavy atom. The third kappa shape index (κ3) is 6.79. The van der Waals surface area contributed by atoms with Gasteiger partial charge in [-0.05, 0) is 68.3 Å². The first-order valence-electron chi connectivity index (χ1n) is 9.43. The minimum atomic E-state index is -4.72. The Balaban J connectivity index is 2.11. The lowest BCUT2D eigenvalue weighted by molar-refractivity contribution is -0.274. The number of rotatable bonds is 8. The van der Waals surface area contributed by atoms with Crippen LogP contribution in [-0.2, 0) is 0 Å². The van der Waals surface area contributed by atoms with Gasteiger partial charge in [0, 0.05) is 26.2 Å². The zero-order valence-corrected chi connectivity index (χ0v) is 17.7. The van der Waals surface area contributed by atoms with Crippen LogP contribution in [0.3, 0.4) is 0 Å². The zero-order valence-electron chi connectivity index (χ0n) is 17.7. The quantitative estimate of drug-likeness (QED) is 0.429. The number of benzene rings is 2. The van der Waals surface area contributed by atoms with Gasteiger partial charge in [0.1, 0.15) is 18.1 Å². The van der Waals surface area contributed by atoms with Gasteiger partial charge in [-0.3, -0.25) is 4.99 Å². The van der Waals surface area contributed by atoms with Gasteiger partial charge in [-0.25, -0.2) is 4.99 Å². The number of ether oxygens (including phenoxy) is 2. The Kier molecular flexibility index (Phi) is 7.86. The predicted molar refractivity (Wildman–Crippen MR) is 113 cm³/mol. The average Bonchev–Trinajstić information content (AvgIpc) is 2.69. The minimum absolute atomic E-state index is 0.178. The van der Waals surface area contributed by atoms with Gasteiger partial charge in [-0.15, -0.1) is 13.2 Å². The van der Waals surface area contributed by atoms with Crippen LogP contribution in [0.1, 0.15) is 23.6 Å². The van der Waals surface area contributed by atoms with E-state index in [4.69, 9.17) is 4.74 Å². The third-order valence-corrected chi connectivity index (χ3v) is 4.45. The molecule has 0 radical (unpaired) electrons. The van der Waals surface area contributed by atoms with Gasteiger partial charge in [0.2, 0.25) is 0 Å². The molecule has 0 saturated carbocycles. The number of aliphatic imine (C=N–C) groups is 2. The van der Waals surface area contributed by atoms with Gasteiger partial charge >= 0.3 is 6.36 Å². The van der Waals surface area contributed by atoms with Crippen molar-refractivity contribution in [2.24, 2.45) is 9.98 Å². The van der Waals surface area contributed by atoms with E-state index in [9.17, 15) is 13.2 Å². The molecule has 0 aliphatic carbocycles. The van der Waals surface area contributed by atoms with Gasteiger partial charge in [-0.2, -0.15) is 0 Å². The number of aryl methyl sites for hydroxylation is 2. The molecule has 0 amide bonds. The van der Waals surface area contributed by atoms with Crippen molar-refractivity contribution in [3.63, 3.8) is 0 Å². The van der Waals surface area contributed by atoms with E-state index in [1.807, 2.05) is 44.9 Å². The molecule has 30 heavy (non-hydrogen) atoms. The highest BCUT2D eigenvalue weighted by Crippen LogP contribution is 2.26. The third-order valence-electron chi connectivity index (χ3n) is 4.45. The predicted octanol–water partition coefficient (Wildman–Crippen LogP) is 5.31. The Bertz CT molecular complexity index is 907. The van der Waals surface area contributed by atoms with E-state index in [1.165, 1.54) is 24.3 Å². The standard InChI is InChI=1S/C22H26F3N3O2/c1-6-28(5)14-27-20-12-15(2)19(11-16(20)3)21(26-4)13-29-17-7-9-18(10-8-17)30-22(23,24)25/h7-12,14H,6,13H2,1-5H3/b26-21+,27-14-. The highest BCUT2D eigenvalue weighted by Gasteiger charge is 2.31. The normalized spacial score (nSPS) is 12.3. The molecule has 2 rings (SSSR count). The molecular weight excluding hydrogens is 395 g/mol. The summed E-state index contributed by atoms with van der Waals surface area (Å²) in [7, 11) is 3.64. The summed E-state index contributed by atoms with van der Waals surface area (Å²) >= 11 is 0. The van der Waals surface area contributed by atoms with Crippen LogP contribution in [0.15, 0.2) is 46.4 Å². The topological polar surface area (TPSA) is 46.4 Å². The molecule has 0 heterocycles. The van der Waals surface area contributed by atoms with E-state index in [0.29, 0.717) is 5.75 Å². The van der Waals surface area contributed by atoms with Crippen molar-refractivity contribution in [2.75, 3.05) is 27.2 Å². The fourth-order valence-corrected chi connectivity index (χ4v) is 2.65. The second kappa shape index (κ2) is 10.1. The van der Waals surface area contributed by atoms with Gasteiger partial charge in [0.15, 0.2) is 0 Å². The first kappa shape index (κ1) is 23.3. The van der Waals surface area contributed by atoms with E-state index < -0.39 is 6.36 Å². The summed E-state index contributed by atoms with van der Waals surface area (Å²) in [4.78, 5) is 10.8. The first-order valence-corrected chi connectivity index (χ1v) is 9.43. The van der Waals surface area contributed by atoms with Gasteiger partial charge < -0.3 is 14.4 Å². The van der Waals surface area contributed by atoms with Crippen molar-refractivity contribution in [3.05, 3.63) is 53.1 Å². The molecule has 2 aromatic carbocycles. The van der Waals surface area contributed by atoms with Crippen LogP contribution in [-0.4, -0.2) is 50.6 Å². The molecule has 162 valence electrons. The first-order chi connectivity index (χ1) is 14.1. The zero-order chi connectivity index (χ0) is 22.3. The number of alkyl halides is 3. The van der Waals surface area contributed by atoms with E-state index in [-0.39, 0.29) is 12.4 Å². The van der Waals surface area contributed by atoms with Gasteiger partial charge in [-0.1, -0.05) is 0 Å². The maximum absolute atomic E-state index is 12.3. The van der Waals surface area contributed by atoms with Crippen molar-refractivity contribution < 1.29 is 22.6 Å². The summed E-state index contributed by atoms with van der Waals surface area (Å²) in [6.07, 6.45) is -2.92. The highest BCUT2D eigenvalue weighted by atomic mass is 19.4. The molecule has 8 heteroatoms. The van der Waals surface area contributed by atoms with Crippen molar-refractivity contribution in [2.45, 2.75) is 27.1 Å². The van der Waals surface area contributed by atoms with Crippen LogP contribution < -0.4 is 9.47 Å². The van der Waals surface area contributed by atoms with Gasteiger partial charge in [0.25, 0.3) is 0 Å². The minimum Gasteiger partial charge on any atom is -0.487 e. The summed E-state index contributed by atoms with van der Waals surface area (Å²) in [5.41, 5.74) is 4.56. The van der Waals surface area contributed by atoms with Gasteiger partial charge in [0.05, 0.1) is 17.7 Å². The lowest BCUT2D eigenvalue weighted by Gasteiger charge is -2.14. The van der Waals surface area contributed by atoms with Crippen molar-refractivity contribution in [3.8, 4) is 11.5 Å². The largest absolute Gasteiger partial charge is 0.573 e. The Morgan fingerprint density at radius 2 is 1.70 bits per heavy atom. The Labute approximate surface area is 174 Å². The van der Waals surface area contributed by atoms with Crippen LogP contribution in [0, 0.1) is 13.8 Å². The number of hydrogen-bond donors (Lipinski definition) is 0. The molecule has 0 atom stereocenters. The van der Waals surface area contributed by atoms with Crippen molar-refractivity contribution in [1.29, 1.82) is 0 Å². The van der Waals surface area contributed by atoms with E-state index in [2.05, 4.69) is 14.7 Å². The fourth-order valence-electron chi connectivity index (χ4n) is 2.65. The maximum atomic E-state index is 12.3. The van der Waals surface area contributed by atoms with Crippen LogP contribution in [0.25, 0.3) is 0 Å². The van der Waals surface area contributed by atoms with E-state index >= 15 is 0 Å². The SMILES string of the molecule is CCN(C)/C=N\c1cc(C)c(/C(COc2ccc(OC(F)(F)F)cc2)=N/C)cc1C. The molecule has 0 bridgehead atoms. The molecule has 0 aromatic heterocycles.